The molecule has 1 heterocycles. The molecule has 0 fully saturated rings. The molecule has 0 atom stereocenters. The Morgan fingerprint density at radius 3 is 2.67 bits per heavy atom. The molecule has 2 aromatic rings. The first kappa shape index (κ1) is 15.2. The lowest BCUT2D eigenvalue weighted by Crippen LogP contribution is -2.12. The van der Waals surface area contributed by atoms with Gasteiger partial charge in [-0.25, -0.2) is 9.48 Å². The molecule has 1 aromatic heterocycles. The quantitative estimate of drug-likeness (QED) is 0.791. The Hall–Kier alpha value is -2.21. The van der Waals surface area contributed by atoms with Crippen LogP contribution in [0.2, 0.25) is 0 Å². The van der Waals surface area contributed by atoms with Gasteiger partial charge in [-0.2, -0.15) is 0 Å². The van der Waals surface area contributed by atoms with Crippen LogP contribution >= 0.6 is 0 Å². The number of hydrogen-bond acceptors (Lipinski definition) is 4. The highest BCUT2D eigenvalue weighted by Crippen LogP contribution is 2.21. The number of aromatic carboxylic acids is 1. The summed E-state index contributed by atoms with van der Waals surface area (Å²) in [5.74, 6) is -0.618. The Morgan fingerprint density at radius 1 is 1.33 bits per heavy atom. The molecule has 0 aliphatic heterocycles. The first-order valence-corrected chi connectivity index (χ1v) is 6.89. The molecule has 0 amide bonds. The number of hydrogen-bond donors (Lipinski definition) is 1. The maximum absolute atomic E-state index is 11.3. The van der Waals surface area contributed by atoms with Crippen molar-refractivity contribution < 1.29 is 14.6 Å². The van der Waals surface area contributed by atoms with Crippen LogP contribution in [0.4, 0.5) is 0 Å². The predicted molar refractivity (Wildman–Crippen MR) is 78.1 cm³/mol. The van der Waals surface area contributed by atoms with E-state index in [-0.39, 0.29) is 5.69 Å². The SMILES string of the molecule is CC(C)COCCn1nnc(C(=O)O)c1-c1ccccc1. The molecule has 0 unspecified atom stereocenters. The Balaban J connectivity index is 2.20. The van der Waals surface area contributed by atoms with Gasteiger partial charge in [-0.05, 0) is 5.92 Å². The average Bonchev–Trinajstić information content (AvgIpc) is 2.88. The van der Waals surface area contributed by atoms with E-state index in [9.17, 15) is 9.90 Å². The molecule has 0 spiro atoms. The molecule has 21 heavy (non-hydrogen) atoms. The summed E-state index contributed by atoms with van der Waals surface area (Å²) in [4.78, 5) is 11.3. The van der Waals surface area contributed by atoms with Gasteiger partial charge < -0.3 is 9.84 Å². The maximum atomic E-state index is 11.3. The van der Waals surface area contributed by atoms with E-state index >= 15 is 0 Å². The van der Waals surface area contributed by atoms with E-state index in [1.165, 1.54) is 0 Å². The number of carboxylic acid groups (broad SMARTS) is 1. The molecule has 0 aliphatic carbocycles. The third-order valence-corrected chi connectivity index (χ3v) is 2.88. The van der Waals surface area contributed by atoms with Crippen molar-refractivity contribution in [2.24, 2.45) is 5.92 Å². The minimum absolute atomic E-state index is 0.0370. The van der Waals surface area contributed by atoms with Crippen molar-refractivity contribution in [1.29, 1.82) is 0 Å². The zero-order valence-electron chi connectivity index (χ0n) is 12.2. The van der Waals surface area contributed by atoms with E-state index < -0.39 is 5.97 Å². The molecular formula is C15H19N3O3. The van der Waals surface area contributed by atoms with Crippen molar-refractivity contribution in [3.63, 3.8) is 0 Å². The van der Waals surface area contributed by atoms with E-state index in [0.29, 0.717) is 31.4 Å². The zero-order chi connectivity index (χ0) is 15.2. The molecule has 1 N–H and O–H groups in total. The van der Waals surface area contributed by atoms with E-state index in [4.69, 9.17) is 4.74 Å². The van der Waals surface area contributed by atoms with Crippen molar-refractivity contribution >= 4 is 5.97 Å². The number of aromatic nitrogens is 3. The number of ether oxygens (including phenoxy) is 1. The number of nitrogens with zero attached hydrogens (tertiary/aromatic N) is 3. The molecule has 6 heteroatoms. The molecule has 0 saturated heterocycles. The second kappa shape index (κ2) is 6.99. The number of benzene rings is 1. The van der Waals surface area contributed by atoms with Crippen LogP contribution in [0.15, 0.2) is 30.3 Å². The minimum atomic E-state index is -1.08. The fraction of sp³-hybridized carbons (Fsp3) is 0.400. The lowest BCUT2D eigenvalue weighted by Gasteiger charge is -2.09. The molecule has 2 rings (SSSR count). The van der Waals surface area contributed by atoms with Gasteiger partial charge in [-0.1, -0.05) is 49.4 Å². The summed E-state index contributed by atoms with van der Waals surface area (Å²) in [5.41, 5.74) is 1.25. The van der Waals surface area contributed by atoms with Crippen LogP contribution in [0, 0.1) is 5.92 Å². The Bertz CT molecular complexity index is 593. The van der Waals surface area contributed by atoms with Crippen LogP contribution in [0.25, 0.3) is 11.3 Å². The van der Waals surface area contributed by atoms with Crippen molar-refractivity contribution in [2.75, 3.05) is 13.2 Å². The Kier molecular flexibility index (Phi) is 5.05. The zero-order valence-corrected chi connectivity index (χ0v) is 12.2. The monoisotopic (exact) mass is 289 g/mol. The van der Waals surface area contributed by atoms with Gasteiger partial charge >= 0.3 is 5.97 Å². The second-order valence-electron chi connectivity index (χ2n) is 5.15. The summed E-state index contributed by atoms with van der Waals surface area (Å²) in [6, 6.07) is 9.28. The topological polar surface area (TPSA) is 77.2 Å². The smallest absolute Gasteiger partial charge is 0.358 e. The molecule has 0 bridgehead atoms. The van der Waals surface area contributed by atoms with Crippen molar-refractivity contribution in [3.05, 3.63) is 36.0 Å². The van der Waals surface area contributed by atoms with Gasteiger partial charge in [-0.3, -0.25) is 0 Å². The average molecular weight is 289 g/mol. The van der Waals surface area contributed by atoms with Crippen LogP contribution in [-0.2, 0) is 11.3 Å². The highest BCUT2D eigenvalue weighted by Gasteiger charge is 2.20. The van der Waals surface area contributed by atoms with E-state index in [1.807, 2.05) is 30.3 Å². The van der Waals surface area contributed by atoms with Gasteiger partial charge in [0.15, 0.2) is 5.69 Å². The molecule has 112 valence electrons. The van der Waals surface area contributed by atoms with E-state index in [2.05, 4.69) is 24.2 Å². The van der Waals surface area contributed by atoms with Crippen LogP contribution in [0.1, 0.15) is 24.3 Å². The summed E-state index contributed by atoms with van der Waals surface area (Å²) in [5, 5.41) is 16.9. The molecule has 0 saturated carbocycles. The van der Waals surface area contributed by atoms with E-state index in [0.717, 1.165) is 5.56 Å². The van der Waals surface area contributed by atoms with Crippen molar-refractivity contribution in [1.82, 2.24) is 15.0 Å². The number of rotatable bonds is 7. The predicted octanol–water partition coefficient (Wildman–Crippen LogP) is 2.32. The van der Waals surface area contributed by atoms with Gasteiger partial charge in [0.05, 0.1) is 13.2 Å². The standard InChI is InChI=1S/C15H19N3O3/c1-11(2)10-21-9-8-18-14(12-6-4-3-5-7-12)13(15(19)20)16-17-18/h3-7,11H,8-10H2,1-2H3,(H,19,20). The third-order valence-electron chi connectivity index (χ3n) is 2.88. The van der Waals surface area contributed by atoms with Gasteiger partial charge in [0.25, 0.3) is 0 Å². The van der Waals surface area contributed by atoms with Crippen molar-refractivity contribution in [2.45, 2.75) is 20.4 Å². The summed E-state index contributed by atoms with van der Waals surface area (Å²) in [7, 11) is 0. The number of carbonyl (C=O) groups is 1. The lowest BCUT2D eigenvalue weighted by atomic mass is 10.1. The van der Waals surface area contributed by atoms with E-state index in [1.54, 1.807) is 4.68 Å². The van der Waals surface area contributed by atoms with Gasteiger partial charge in [0.2, 0.25) is 0 Å². The largest absolute Gasteiger partial charge is 0.476 e. The van der Waals surface area contributed by atoms with Crippen LogP contribution in [0.5, 0.6) is 0 Å². The second-order valence-corrected chi connectivity index (χ2v) is 5.15. The summed E-state index contributed by atoms with van der Waals surface area (Å²) in [6.07, 6.45) is 0. The fourth-order valence-corrected chi connectivity index (χ4v) is 1.97. The van der Waals surface area contributed by atoms with Gasteiger partial charge in [0, 0.05) is 12.2 Å². The summed E-state index contributed by atoms with van der Waals surface area (Å²) < 4.78 is 7.11. The summed E-state index contributed by atoms with van der Waals surface area (Å²) in [6.45, 7) is 5.76. The highest BCUT2D eigenvalue weighted by atomic mass is 16.5. The first-order chi connectivity index (χ1) is 10.1. The number of carboxylic acids is 1. The normalized spacial score (nSPS) is 11.0. The Morgan fingerprint density at radius 2 is 2.05 bits per heavy atom. The van der Waals surface area contributed by atoms with Crippen LogP contribution in [-0.4, -0.2) is 39.3 Å². The van der Waals surface area contributed by atoms with Crippen molar-refractivity contribution in [3.8, 4) is 11.3 Å². The first-order valence-electron chi connectivity index (χ1n) is 6.89. The lowest BCUT2D eigenvalue weighted by molar-refractivity contribution is 0.0691. The maximum Gasteiger partial charge on any atom is 0.358 e. The molecule has 1 aromatic carbocycles. The summed E-state index contributed by atoms with van der Waals surface area (Å²) >= 11 is 0. The van der Waals surface area contributed by atoms with Gasteiger partial charge in [0.1, 0.15) is 5.69 Å². The van der Waals surface area contributed by atoms with Crippen LogP contribution < -0.4 is 0 Å². The van der Waals surface area contributed by atoms with Crippen LogP contribution in [0.3, 0.4) is 0 Å². The van der Waals surface area contributed by atoms with Gasteiger partial charge in [-0.15, -0.1) is 5.10 Å². The Labute approximate surface area is 123 Å². The molecule has 0 aliphatic rings. The molecule has 6 nitrogen and oxygen atoms in total. The fourth-order valence-electron chi connectivity index (χ4n) is 1.97. The molecule has 0 radical (unpaired) electrons. The highest BCUT2D eigenvalue weighted by molar-refractivity contribution is 5.92. The molecular weight excluding hydrogens is 270 g/mol. The third kappa shape index (κ3) is 3.88. The minimum Gasteiger partial charge on any atom is -0.476 e.